The monoisotopic (exact) mass is 545 g/mol. The lowest BCUT2D eigenvalue weighted by atomic mass is 10.0. The fraction of sp³-hybridized carbons (Fsp3) is 0.708. The first kappa shape index (κ1) is 28.1. The zero-order chi connectivity index (χ0) is 21.8. The summed E-state index contributed by atoms with van der Waals surface area (Å²) in [6, 6.07) is 8.76. The van der Waals surface area contributed by atoms with Crippen LogP contribution in [0.15, 0.2) is 29.3 Å². The first-order valence-corrected chi connectivity index (χ1v) is 11.6. The molecule has 1 heterocycles. The van der Waals surface area contributed by atoms with Gasteiger partial charge >= 0.3 is 0 Å². The van der Waals surface area contributed by atoms with Gasteiger partial charge in [-0.25, -0.2) is 0 Å². The minimum Gasteiger partial charge on any atom is -0.378 e. The van der Waals surface area contributed by atoms with Gasteiger partial charge in [-0.1, -0.05) is 45.0 Å². The number of benzene rings is 1. The lowest BCUT2D eigenvalue weighted by Gasteiger charge is -2.34. The molecule has 31 heavy (non-hydrogen) atoms. The number of guanidine groups is 1. The van der Waals surface area contributed by atoms with E-state index in [4.69, 9.17) is 4.74 Å². The predicted octanol–water partition coefficient (Wildman–Crippen LogP) is 3.56. The summed E-state index contributed by atoms with van der Waals surface area (Å²) in [4.78, 5) is 9.48. The number of nitrogens with one attached hydrogen (secondary N) is 2. The smallest absolute Gasteiger partial charge is 0.191 e. The van der Waals surface area contributed by atoms with Crippen molar-refractivity contribution in [2.24, 2.45) is 10.9 Å². The molecule has 1 unspecified atom stereocenters. The van der Waals surface area contributed by atoms with E-state index in [1.165, 1.54) is 24.2 Å². The Kier molecular flexibility index (Phi) is 14.4. The van der Waals surface area contributed by atoms with Crippen LogP contribution in [0.2, 0.25) is 0 Å². The van der Waals surface area contributed by atoms with Crippen molar-refractivity contribution in [3.8, 4) is 0 Å². The SMILES string of the molecule is CCOC(CCNC(=NC)NCc1ccccc1CN1CCN(CC)CC1)C(C)C.I. The van der Waals surface area contributed by atoms with Crippen molar-refractivity contribution in [1.82, 2.24) is 20.4 Å². The van der Waals surface area contributed by atoms with E-state index in [-0.39, 0.29) is 30.1 Å². The van der Waals surface area contributed by atoms with Crippen LogP contribution in [0.25, 0.3) is 0 Å². The van der Waals surface area contributed by atoms with E-state index in [1.807, 2.05) is 7.05 Å². The van der Waals surface area contributed by atoms with Crippen molar-refractivity contribution in [2.45, 2.75) is 53.3 Å². The molecule has 178 valence electrons. The van der Waals surface area contributed by atoms with E-state index >= 15 is 0 Å². The Balaban J connectivity index is 0.00000480. The van der Waals surface area contributed by atoms with Gasteiger partial charge in [0.25, 0.3) is 0 Å². The average Bonchev–Trinajstić information content (AvgIpc) is 2.76. The van der Waals surface area contributed by atoms with Gasteiger partial charge < -0.3 is 20.3 Å². The number of piperazine rings is 1. The summed E-state index contributed by atoms with van der Waals surface area (Å²) in [5.74, 6) is 1.37. The van der Waals surface area contributed by atoms with Gasteiger partial charge in [0, 0.05) is 59.5 Å². The Morgan fingerprint density at radius 2 is 1.68 bits per heavy atom. The van der Waals surface area contributed by atoms with Crippen molar-refractivity contribution < 1.29 is 4.74 Å². The molecule has 1 aliphatic rings. The van der Waals surface area contributed by atoms with Crippen molar-refractivity contribution >= 4 is 29.9 Å². The standard InChI is InChI=1S/C24H43N5O.HI/c1-6-28-14-16-29(17-15-28)19-22-11-9-8-10-21(22)18-27-24(25-5)26-13-12-23(20(3)4)30-7-2;/h8-11,20,23H,6-7,12-19H2,1-5H3,(H2,25,26,27);1H. The van der Waals surface area contributed by atoms with Crippen molar-refractivity contribution in [1.29, 1.82) is 0 Å². The number of halogens is 1. The second-order valence-electron chi connectivity index (χ2n) is 8.36. The van der Waals surface area contributed by atoms with E-state index in [0.29, 0.717) is 5.92 Å². The molecule has 0 saturated carbocycles. The zero-order valence-corrected chi connectivity index (χ0v) is 22.5. The van der Waals surface area contributed by atoms with Gasteiger partial charge in [-0.3, -0.25) is 9.89 Å². The summed E-state index contributed by atoms with van der Waals surface area (Å²) in [7, 11) is 1.83. The van der Waals surface area contributed by atoms with Gasteiger partial charge in [-0.05, 0) is 36.9 Å². The number of hydrogen-bond acceptors (Lipinski definition) is 4. The van der Waals surface area contributed by atoms with E-state index in [0.717, 1.165) is 58.3 Å². The molecule has 1 saturated heterocycles. The molecule has 0 radical (unpaired) electrons. The number of aliphatic imine (C=N–C) groups is 1. The van der Waals surface area contributed by atoms with E-state index in [9.17, 15) is 0 Å². The molecular weight excluding hydrogens is 501 g/mol. The zero-order valence-electron chi connectivity index (χ0n) is 20.2. The minimum atomic E-state index is 0. The Hall–Kier alpha value is -0.900. The molecule has 1 aromatic carbocycles. The minimum absolute atomic E-state index is 0. The maximum Gasteiger partial charge on any atom is 0.191 e. The summed E-state index contributed by atoms with van der Waals surface area (Å²) < 4.78 is 5.84. The summed E-state index contributed by atoms with van der Waals surface area (Å²) in [6.45, 7) is 18.0. The third-order valence-corrected chi connectivity index (χ3v) is 5.94. The highest BCUT2D eigenvalue weighted by Crippen LogP contribution is 2.14. The van der Waals surface area contributed by atoms with E-state index in [1.54, 1.807) is 0 Å². The molecule has 0 bridgehead atoms. The average molecular weight is 546 g/mol. The van der Waals surface area contributed by atoms with Crippen molar-refractivity contribution in [3.05, 3.63) is 35.4 Å². The number of hydrogen-bond donors (Lipinski definition) is 2. The molecule has 2 rings (SSSR count). The molecule has 0 amide bonds. The Morgan fingerprint density at radius 3 is 2.26 bits per heavy atom. The second-order valence-corrected chi connectivity index (χ2v) is 8.36. The van der Waals surface area contributed by atoms with Crippen LogP contribution < -0.4 is 10.6 Å². The highest BCUT2D eigenvalue weighted by Gasteiger charge is 2.17. The van der Waals surface area contributed by atoms with Gasteiger partial charge in [0.05, 0.1) is 6.10 Å². The van der Waals surface area contributed by atoms with Crippen molar-refractivity contribution in [3.63, 3.8) is 0 Å². The highest BCUT2D eigenvalue weighted by molar-refractivity contribution is 14.0. The molecule has 0 spiro atoms. The molecule has 1 fully saturated rings. The third kappa shape index (κ3) is 10.1. The second kappa shape index (κ2) is 15.8. The van der Waals surface area contributed by atoms with Crippen LogP contribution in [0.4, 0.5) is 0 Å². The number of likely N-dealkylation sites (N-methyl/N-ethyl adjacent to an activating group) is 1. The van der Waals surface area contributed by atoms with E-state index in [2.05, 4.69) is 77.4 Å². The molecule has 1 aromatic rings. The van der Waals surface area contributed by atoms with Crippen LogP contribution >= 0.6 is 24.0 Å². The van der Waals surface area contributed by atoms with Gasteiger partial charge in [0.2, 0.25) is 0 Å². The van der Waals surface area contributed by atoms with Gasteiger partial charge in [-0.2, -0.15) is 0 Å². The normalized spacial score (nSPS) is 16.8. The Morgan fingerprint density at radius 1 is 1.03 bits per heavy atom. The number of rotatable bonds is 11. The Labute approximate surface area is 207 Å². The topological polar surface area (TPSA) is 52.1 Å². The van der Waals surface area contributed by atoms with Gasteiger partial charge in [-0.15, -0.1) is 24.0 Å². The van der Waals surface area contributed by atoms with E-state index < -0.39 is 0 Å². The van der Waals surface area contributed by atoms with Crippen molar-refractivity contribution in [2.75, 3.05) is 52.9 Å². The third-order valence-electron chi connectivity index (χ3n) is 5.94. The lowest BCUT2D eigenvalue weighted by molar-refractivity contribution is 0.0258. The summed E-state index contributed by atoms with van der Waals surface area (Å²) in [5.41, 5.74) is 2.74. The molecule has 1 atom stereocenters. The van der Waals surface area contributed by atoms with Crippen LogP contribution in [0.3, 0.4) is 0 Å². The first-order chi connectivity index (χ1) is 14.6. The van der Waals surface area contributed by atoms with Crippen LogP contribution in [0.1, 0.15) is 45.2 Å². The number of nitrogens with zero attached hydrogens (tertiary/aromatic N) is 3. The van der Waals surface area contributed by atoms with Crippen LogP contribution in [0, 0.1) is 5.92 Å². The molecule has 1 aliphatic heterocycles. The summed E-state index contributed by atoms with van der Waals surface area (Å²) in [5, 5.41) is 6.92. The fourth-order valence-corrected chi connectivity index (χ4v) is 3.94. The summed E-state index contributed by atoms with van der Waals surface area (Å²) in [6.07, 6.45) is 1.27. The van der Waals surface area contributed by atoms with Crippen LogP contribution in [-0.4, -0.2) is 74.8 Å². The number of ether oxygens (including phenoxy) is 1. The molecule has 0 aromatic heterocycles. The van der Waals surface area contributed by atoms with Gasteiger partial charge in [0.15, 0.2) is 5.96 Å². The predicted molar refractivity (Wildman–Crippen MR) is 142 cm³/mol. The lowest BCUT2D eigenvalue weighted by Crippen LogP contribution is -2.45. The molecule has 7 heteroatoms. The molecule has 6 nitrogen and oxygen atoms in total. The van der Waals surface area contributed by atoms with Crippen LogP contribution in [-0.2, 0) is 17.8 Å². The van der Waals surface area contributed by atoms with Gasteiger partial charge in [0.1, 0.15) is 0 Å². The van der Waals surface area contributed by atoms with Crippen LogP contribution in [0.5, 0.6) is 0 Å². The fourth-order valence-electron chi connectivity index (χ4n) is 3.94. The molecular formula is C24H44IN5O. The maximum absolute atomic E-state index is 5.84. The quantitative estimate of drug-likeness (QED) is 0.253. The Bertz CT molecular complexity index is 632. The maximum atomic E-state index is 5.84. The highest BCUT2D eigenvalue weighted by atomic mass is 127. The molecule has 2 N–H and O–H groups in total. The largest absolute Gasteiger partial charge is 0.378 e. The summed E-state index contributed by atoms with van der Waals surface area (Å²) >= 11 is 0. The molecule has 0 aliphatic carbocycles. The first-order valence-electron chi connectivity index (χ1n) is 11.6.